The number of amides is 1. The third kappa shape index (κ3) is 2.37. The summed E-state index contributed by atoms with van der Waals surface area (Å²) in [4.78, 5) is 14.6. The Morgan fingerprint density at radius 3 is 2.65 bits per heavy atom. The summed E-state index contributed by atoms with van der Waals surface area (Å²) in [7, 11) is 0. The molecule has 102 valence electrons. The molecule has 1 aliphatic heterocycles. The van der Waals surface area contributed by atoms with Crippen LogP contribution in [0.5, 0.6) is 0 Å². The summed E-state index contributed by atoms with van der Waals surface area (Å²) >= 11 is 3.44. The summed E-state index contributed by atoms with van der Waals surface area (Å²) in [6.45, 7) is 0.553. The van der Waals surface area contributed by atoms with Crippen LogP contribution in [0.15, 0.2) is 53.0 Å². The molecule has 0 radical (unpaired) electrons. The lowest BCUT2D eigenvalue weighted by atomic mass is 9.97. The van der Waals surface area contributed by atoms with Crippen LogP contribution < -0.4 is 10.6 Å². The Hall–Kier alpha value is -1.65. The van der Waals surface area contributed by atoms with E-state index in [1.165, 1.54) is 0 Å². The molecule has 1 heterocycles. The van der Waals surface area contributed by atoms with E-state index in [2.05, 4.69) is 15.9 Å². The number of rotatable bonds is 1. The molecule has 0 saturated heterocycles. The summed E-state index contributed by atoms with van der Waals surface area (Å²) < 4.78 is 0.807. The molecular formula is C16H15BrN2O. The van der Waals surface area contributed by atoms with Gasteiger partial charge in [-0.15, -0.1) is 0 Å². The molecule has 0 aliphatic carbocycles. The van der Waals surface area contributed by atoms with Gasteiger partial charge in [-0.3, -0.25) is 4.79 Å². The zero-order valence-electron chi connectivity index (χ0n) is 10.9. The van der Waals surface area contributed by atoms with Gasteiger partial charge in [0.15, 0.2) is 0 Å². The zero-order valence-corrected chi connectivity index (χ0v) is 12.5. The van der Waals surface area contributed by atoms with Crippen molar-refractivity contribution in [1.82, 2.24) is 0 Å². The van der Waals surface area contributed by atoms with Gasteiger partial charge in [-0.2, -0.15) is 0 Å². The molecule has 2 N–H and O–H groups in total. The van der Waals surface area contributed by atoms with Crippen LogP contribution in [0.4, 0.5) is 5.69 Å². The third-order valence-corrected chi connectivity index (χ3v) is 4.22. The van der Waals surface area contributed by atoms with Crippen molar-refractivity contribution in [2.24, 2.45) is 5.73 Å². The van der Waals surface area contributed by atoms with Gasteiger partial charge in [0.2, 0.25) is 0 Å². The van der Waals surface area contributed by atoms with E-state index < -0.39 is 0 Å². The van der Waals surface area contributed by atoms with Crippen molar-refractivity contribution in [3.63, 3.8) is 0 Å². The molecule has 2 aromatic rings. The number of halogens is 1. The summed E-state index contributed by atoms with van der Waals surface area (Å²) in [5.41, 5.74) is 8.85. The number of hydrogen-bond acceptors (Lipinski definition) is 2. The van der Waals surface area contributed by atoms with Crippen molar-refractivity contribution in [2.45, 2.75) is 12.5 Å². The smallest absolute Gasteiger partial charge is 0.259 e. The predicted octanol–water partition coefficient (Wildman–Crippen LogP) is 2.98. The first-order valence-electron chi connectivity index (χ1n) is 6.56. The van der Waals surface area contributed by atoms with Crippen LogP contribution in [0, 0.1) is 0 Å². The molecule has 0 spiro atoms. The molecule has 1 unspecified atom stereocenters. The molecule has 4 heteroatoms. The lowest BCUT2D eigenvalue weighted by molar-refractivity contribution is 0.0982. The first-order chi connectivity index (χ1) is 9.66. The minimum atomic E-state index is -0.0173. The fourth-order valence-electron chi connectivity index (χ4n) is 2.60. The molecule has 0 aromatic heterocycles. The van der Waals surface area contributed by atoms with Crippen LogP contribution >= 0.6 is 15.9 Å². The maximum atomic E-state index is 12.8. The average Bonchev–Trinajstić information content (AvgIpc) is 2.46. The van der Waals surface area contributed by atoms with Gasteiger partial charge >= 0.3 is 0 Å². The SMILES string of the molecule is NC1Cc2ccccc2N(C(=O)c2ccccc2Br)C1. The monoisotopic (exact) mass is 330 g/mol. The standard InChI is InChI=1S/C16H15BrN2O/c17-14-7-3-2-6-13(14)16(20)19-10-12(18)9-11-5-1-4-8-15(11)19/h1-8,12H,9-10,18H2. The Kier molecular flexibility index (Phi) is 3.59. The predicted molar refractivity (Wildman–Crippen MR) is 83.9 cm³/mol. The molecule has 1 aliphatic rings. The van der Waals surface area contributed by atoms with Gasteiger partial charge in [-0.25, -0.2) is 0 Å². The summed E-state index contributed by atoms with van der Waals surface area (Å²) in [5.74, 6) is -0.0138. The fourth-order valence-corrected chi connectivity index (χ4v) is 3.05. The van der Waals surface area contributed by atoms with Crippen LogP contribution in [-0.4, -0.2) is 18.5 Å². The largest absolute Gasteiger partial charge is 0.326 e. The molecule has 0 fully saturated rings. The van der Waals surface area contributed by atoms with Gasteiger partial charge < -0.3 is 10.6 Å². The molecule has 3 nitrogen and oxygen atoms in total. The molecule has 3 rings (SSSR count). The van der Waals surface area contributed by atoms with Crippen molar-refractivity contribution < 1.29 is 4.79 Å². The van der Waals surface area contributed by atoms with Crippen LogP contribution in [0.1, 0.15) is 15.9 Å². The second kappa shape index (κ2) is 5.38. The second-order valence-electron chi connectivity index (χ2n) is 4.99. The highest BCUT2D eigenvalue weighted by atomic mass is 79.9. The third-order valence-electron chi connectivity index (χ3n) is 3.53. The minimum absolute atomic E-state index is 0.0138. The van der Waals surface area contributed by atoms with E-state index in [-0.39, 0.29) is 11.9 Å². The maximum Gasteiger partial charge on any atom is 0.259 e. The molecular weight excluding hydrogens is 316 g/mol. The summed E-state index contributed by atoms with van der Waals surface area (Å²) in [6.07, 6.45) is 0.815. The number of benzene rings is 2. The zero-order chi connectivity index (χ0) is 14.1. The molecule has 0 saturated carbocycles. The van der Waals surface area contributed by atoms with Gasteiger partial charge in [-0.05, 0) is 46.1 Å². The van der Waals surface area contributed by atoms with Crippen molar-refractivity contribution in [3.8, 4) is 0 Å². The first kappa shape index (κ1) is 13.3. The number of para-hydroxylation sites is 1. The van der Waals surface area contributed by atoms with Gasteiger partial charge in [-0.1, -0.05) is 30.3 Å². The first-order valence-corrected chi connectivity index (χ1v) is 7.36. The summed E-state index contributed by atoms with van der Waals surface area (Å²) in [5, 5.41) is 0. The Balaban J connectivity index is 2.02. The number of nitrogens with two attached hydrogens (primary N) is 1. The molecule has 0 bridgehead atoms. The van der Waals surface area contributed by atoms with Gasteiger partial charge in [0, 0.05) is 22.7 Å². The van der Waals surface area contributed by atoms with E-state index in [1.807, 2.05) is 48.5 Å². The molecule has 1 atom stereocenters. The normalized spacial score (nSPS) is 17.7. The van der Waals surface area contributed by atoms with Gasteiger partial charge in [0.1, 0.15) is 0 Å². The van der Waals surface area contributed by atoms with E-state index in [9.17, 15) is 4.79 Å². The van der Waals surface area contributed by atoms with Crippen molar-refractivity contribution in [3.05, 3.63) is 64.1 Å². The fraction of sp³-hybridized carbons (Fsp3) is 0.188. The van der Waals surface area contributed by atoms with Crippen molar-refractivity contribution >= 4 is 27.5 Å². The lowest BCUT2D eigenvalue weighted by Crippen LogP contribution is -2.46. The molecule has 20 heavy (non-hydrogen) atoms. The van der Waals surface area contributed by atoms with E-state index in [4.69, 9.17) is 5.73 Å². The van der Waals surface area contributed by atoms with E-state index >= 15 is 0 Å². The van der Waals surface area contributed by atoms with Gasteiger partial charge in [0.05, 0.1) is 5.56 Å². The number of carbonyl (C=O) groups excluding carboxylic acids is 1. The lowest BCUT2D eigenvalue weighted by Gasteiger charge is -2.33. The highest BCUT2D eigenvalue weighted by molar-refractivity contribution is 9.10. The van der Waals surface area contributed by atoms with E-state index in [1.54, 1.807) is 4.90 Å². The Labute approximate surface area is 126 Å². The quantitative estimate of drug-likeness (QED) is 0.873. The molecule has 2 aromatic carbocycles. The number of hydrogen-bond donors (Lipinski definition) is 1. The average molecular weight is 331 g/mol. The van der Waals surface area contributed by atoms with Gasteiger partial charge in [0.25, 0.3) is 5.91 Å². The van der Waals surface area contributed by atoms with Crippen LogP contribution in [0.25, 0.3) is 0 Å². The van der Waals surface area contributed by atoms with Crippen LogP contribution in [0.3, 0.4) is 0 Å². The second-order valence-corrected chi connectivity index (χ2v) is 5.84. The topological polar surface area (TPSA) is 46.3 Å². The highest BCUT2D eigenvalue weighted by Crippen LogP contribution is 2.29. The Morgan fingerprint density at radius 2 is 1.85 bits per heavy atom. The Bertz CT molecular complexity index is 656. The number of fused-ring (bicyclic) bond motifs is 1. The number of nitrogens with zero attached hydrogens (tertiary/aromatic N) is 1. The number of carbonyl (C=O) groups is 1. The van der Waals surface area contributed by atoms with Crippen molar-refractivity contribution in [1.29, 1.82) is 0 Å². The highest BCUT2D eigenvalue weighted by Gasteiger charge is 2.27. The van der Waals surface area contributed by atoms with E-state index in [0.717, 1.165) is 22.1 Å². The van der Waals surface area contributed by atoms with Crippen molar-refractivity contribution in [2.75, 3.05) is 11.4 Å². The number of anilines is 1. The summed E-state index contributed by atoms with van der Waals surface area (Å²) in [6, 6.07) is 15.4. The molecule has 1 amide bonds. The Morgan fingerprint density at radius 1 is 1.15 bits per heavy atom. The van der Waals surface area contributed by atoms with Crippen LogP contribution in [0.2, 0.25) is 0 Å². The minimum Gasteiger partial charge on any atom is -0.326 e. The van der Waals surface area contributed by atoms with E-state index in [0.29, 0.717) is 12.1 Å². The maximum absolute atomic E-state index is 12.8. The van der Waals surface area contributed by atoms with Crippen LogP contribution in [-0.2, 0) is 6.42 Å².